The summed E-state index contributed by atoms with van der Waals surface area (Å²) < 4.78 is 0. The first-order valence-electron chi connectivity index (χ1n) is 5.39. The molecule has 0 spiro atoms. The van der Waals surface area contributed by atoms with Gasteiger partial charge in [-0.05, 0) is 19.4 Å². The molecule has 0 aliphatic heterocycles. The molecule has 0 aliphatic rings. The standard InChI is InChI=1S/C11H14N4OS2/c1-5-6(2)18-10-8(5)9(12)14-11(15-10)17-4-7(16)13-3/h4H2,1-3H3,(H,13,16)(H2,12,14,15). The highest BCUT2D eigenvalue weighted by atomic mass is 32.2. The Bertz CT molecular complexity index is 609. The topological polar surface area (TPSA) is 80.9 Å². The van der Waals surface area contributed by atoms with Crippen LogP contribution in [0.4, 0.5) is 5.82 Å². The second kappa shape index (κ2) is 5.11. The molecule has 0 atom stereocenters. The predicted molar refractivity (Wildman–Crippen MR) is 76.1 cm³/mol. The first-order chi connectivity index (χ1) is 8.52. The van der Waals surface area contributed by atoms with E-state index in [4.69, 9.17) is 5.73 Å². The second-order valence-electron chi connectivity index (χ2n) is 3.82. The molecule has 0 unspecified atom stereocenters. The van der Waals surface area contributed by atoms with Gasteiger partial charge in [0.15, 0.2) is 5.16 Å². The lowest BCUT2D eigenvalue weighted by molar-refractivity contribution is -0.118. The first-order valence-corrected chi connectivity index (χ1v) is 7.19. The minimum atomic E-state index is -0.0548. The number of thioether (sulfide) groups is 1. The number of rotatable bonds is 3. The summed E-state index contributed by atoms with van der Waals surface area (Å²) in [5.74, 6) is 0.729. The molecule has 0 saturated carbocycles. The fourth-order valence-electron chi connectivity index (χ4n) is 1.53. The van der Waals surface area contributed by atoms with E-state index in [0.29, 0.717) is 16.7 Å². The molecule has 2 heterocycles. The number of carbonyl (C=O) groups is 1. The lowest BCUT2D eigenvalue weighted by Crippen LogP contribution is -2.19. The van der Waals surface area contributed by atoms with E-state index in [0.717, 1.165) is 15.8 Å². The highest BCUT2D eigenvalue weighted by molar-refractivity contribution is 7.99. The summed E-state index contributed by atoms with van der Waals surface area (Å²) in [4.78, 5) is 21.9. The van der Waals surface area contributed by atoms with Crippen LogP contribution in [0.25, 0.3) is 10.2 Å². The summed E-state index contributed by atoms with van der Waals surface area (Å²) in [6, 6.07) is 0. The number of hydrogen-bond donors (Lipinski definition) is 2. The monoisotopic (exact) mass is 282 g/mol. The Morgan fingerprint density at radius 2 is 2.17 bits per heavy atom. The van der Waals surface area contributed by atoms with E-state index >= 15 is 0 Å². The van der Waals surface area contributed by atoms with Crippen molar-refractivity contribution < 1.29 is 4.79 Å². The first kappa shape index (κ1) is 13.1. The number of aromatic nitrogens is 2. The van der Waals surface area contributed by atoms with Gasteiger partial charge in [0.1, 0.15) is 10.6 Å². The van der Waals surface area contributed by atoms with Crippen molar-refractivity contribution in [2.24, 2.45) is 0 Å². The lowest BCUT2D eigenvalue weighted by Gasteiger charge is -2.02. The van der Waals surface area contributed by atoms with Gasteiger partial charge in [-0.2, -0.15) is 0 Å². The number of anilines is 1. The predicted octanol–water partition coefficient (Wildman–Crippen LogP) is 1.73. The van der Waals surface area contributed by atoms with Crippen LogP contribution in [-0.4, -0.2) is 28.7 Å². The van der Waals surface area contributed by atoms with Gasteiger partial charge in [0, 0.05) is 11.9 Å². The zero-order valence-electron chi connectivity index (χ0n) is 10.4. The molecule has 1 amide bonds. The Hall–Kier alpha value is -1.34. The molecule has 0 fully saturated rings. The summed E-state index contributed by atoms with van der Waals surface area (Å²) in [6.07, 6.45) is 0. The second-order valence-corrected chi connectivity index (χ2v) is 5.96. The number of hydrogen-bond acceptors (Lipinski definition) is 6. The number of nitrogens with zero attached hydrogens (tertiary/aromatic N) is 2. The third-order valence-electron chi connectivity index (χ3n) is 2.65. The van der Waals surface area contributed by atoms with Crippen molar-refractivity contribution in [1.29, 1.82) is 0 Å². The number of nitrogens with one attached hydrogen (secondary N) is 1. The smallest absolute Gasteiger partial charge is 0.230 e. The van der Waals surface area contributed by atoms with E-state index in [1.807, 2.05) is 13.8 Å². The maximum atomic E-state index is 11.2. The van der Waals surface area contributed by atoms with Gasteiger partial charge in [-0.1, -0.05) is 11.8 Å². The van der Waals surface area contributed by atoms with Crippen LogP contribution in [0.1, 0.15) is 10.4 Å². The molecular formula is C11H14N4OS2. The van der Waals surface area contributed by atoms with Gasteiger partial charge in [-0.25, -0.2) is 9.97 Å². The third-order valence-corrected chi connectivity index (χ3v) is 4.60. The van der Waals surface area contributed by atoms with Crippen molar-refractivity contribution in [3.63, 3.8) is 0 Å². The molecule has 18 heavy (non-hydrogen) atoms. The summed E-state index contributed by atoms with van der Waals surface area (Å²) in [6.45, 7) is 4.06. The van der Waals surface area contributed by atoms with Gasteiger partial charge in [0.25, 0.3) is 0 Å². The number of aryl methyl sites for hydroxylation is 2. The average molecular weight is 282 g/mol. The summed E-state index contributed by atoms with van der Waals surface area (Å²) in [5.41, 5.74) is 7.09. The zero-order chi connectivity index (χ0) is 13.3. The highest BCUT2D eigenvalue weighted by Gasteiger charge is 2.13. The largest absolute Gasteiger partial charge is 0.383 e. The zero-order valence-corrected chi connectivity index (χ0v) is 12.0. The van der Waals surface area contributed by atoms with E-state index in [9.17, 15) is 4.79 Å². The van der Waals surface area contributed by atoms with Crippen LogP contribution in [0, 0.1) is 13.8 Å². The molecule has 2 rings (SSSR count). The van der Waals surface area contributed by atoms with Crippen LogP contribution in [0.3, 0.4) is 0 Å². The van der Waals surface area contributed by atoms with Crippen LogP contribution in [-0.2, 0) is 4.79 Å². The number of nitrogen functional groups attached to an aromatic ring is 1. The molecular weight excluding hydrogens is 268 g/mol. The highest BCUT2D eigenvalue weighted by Crippen LogP contribution is 2.33. The number of fused-ring (bicyclic) bond motifs is 1. The summed E-state index contributed by atoms with van der Waals surface area (Å²) in [5, 5.41) is 4.03. The van der Waals surface area contributed by atoms with E-state index in [1.165, 1.54) is 16.6 Å². The SMILES string of the molecule is CNC(=O)CSc1nc(N)c2c(C)c(C)sc2n1. The minimum Gasteiger partial charge on any atom is -0.383 e. The van der Waals surface area contributed by atoms with Crippen LogP contribution in [0.5, 0.6) is 0 Å². The van der Waals surface area contributed by atoms with Crippen molar-refractivity contribution in [3.8, 4) is 0 Å². The van der Waals surface area contributed by atoms with Gasteiger partial charge in [-0.15, -0.1) is 11.3 Å². The van der Waals surface area contributed by atoms with Crippen LogP contribution in [0.2, 0.25) is 0 Å². The quantitative estimate of drug-likeness (QED) is 0.662. The molecule has 0 radical (unpaired) electrons. The number of thiophene rings is 1. The van der Waals surface area contributed by atoms with Gasteiger partial charge < -0.3 is 11.1 Å². The number of carbonyl (C=O) groups excluding carboxylic acids is 1. The molecule has 0 aromatic carbocycles. The maximum absolute atomic E-state index is 11.2. The van der Waals surface area contributed by atoms with Crippen molar-refractivity contribution >= 4 is 45.0 Å². The molecule has 7 heteroatoms. The fourth-order valence-corrected chi connectivity index (χ4v) is 3.35. The Labute approximate surface area is 113 Å². The average Bonchev–Trinajstić information content (AvgIpc) is 2.62. The fraction of sp³-hybridized carbons (Fsp3) is 0.364. The van der Waals surface area contributed by atoms with E-state index in [-0.39, 0.29) is 5.91 Å². The Balaban J connectivity index is 2.34. The van der Waals surface area contributed by atoms with Gasteiger partial charge in [0.2, 0.25) is 5.91 Å². The van der Waals surface area contributed by atoms with Crippen molar-refractivity contribution in [2.45, 2.75) is 19.0 Å². The van der Waals surface area contributed by atoms with Gasteiger partial charge in [0.05, 0.1) is 11.1 Å². The van der Waals surface area contributed by atoms with Crippen LogP contribution >= 0.6 is 23.1 Å². The van der Waals surface area contributed by atoms with Gasteiger partial charge >= 0.3 is 0 Å². The van der Waals surface area contributed by atoms with Crippen molar-refractivity contribution in [1.82, 2.24) is 15.3 Å². The van der Waals surface area contributed by atoms with E-state index in [1.54, 1.807) is 18.4 Å². The summed E-state index contributed by atoms with van der Waals surface area (Å²) >= 11 is 2.89. The number of amides is 1. The molecule has 0 aliphatic carbocycles. The normalized spacial score (nSPS) is 10.8. The van der Waals surface area contributed by atoms with Crippen molar-refractivity contribution in [2.75, 3.05) is 18.5 Å². The maximum Gasteiger partial charge on any atom is 0.230 e. The van der Waals surface area contributed by atoms with E-state index < -0.39 is 0 Å². The lowest BCUT2D eigenvalue weighted by atomic mass is 10.2. The summed E-state index contributed by atoms with van der Waals surface area (Å²) in [7, 11) is 1.60. The van der Waals surface area contributed by atoms with E-state index in [2.05, 4.69) is 15.3 Å². The molecule has 5 nitrogen and oxygen atoms in total. The van der Waals surface area contributed by atoms with Crippen LogP contribution < -0.4 is 11.1 Å². The Morgan fingerprint density at radius 3 is 2.83 bits per heavy atom. The van der Waals surface area contributed by atoms with Gasteiger partial charge in [-0.3, -0.25) is 4.79 Å². The molecule has 3 N–H and O–H groups in total. The molecule has 2 aromatic heterocycles. The Kier molecular flexibility index (Phi) is 3.72. The van der Waals surface area contributed by atoms with Crippen LogP contribution in [0.15, 0.2) is 5.16 Å². The third kappa shape index (κ3) is 2.41. The molecule has 0 saturated heterocycles. The minimum absolute atomic E-state index is 0.0548. The molecule has 0 bridgehead atoms. The Morgan fingerprint density at radius 1 is 1.44 bits per heavy atom. The number of nitrogens with two attached hydrogens (primary N) is 1. The van der Waals surface area contributed by atoms with Crippen molar-refractivity contribution in [3.05, 3.63) is 10.4 Å². The molecule has 96 valence electrons. The molecule has 2 aromatic rings.